The van der Waals surface area contributed by atoms with Crippen LogP contribution in [-0.4, -0.2) is 38.7 Å². The maximum atomic E-state index is 9.41. The first-order valence-corrected chi connectivity index (χ1v) is 7.52. The van der Waals surface area contributed by atoms with Gasteiger partial charge in [0.2, 0.25) is 10.0 Å². The molecular formula is C10H24N2O2S. The van der Waals surface area contributed by atoms with Gasteiger partial charge in [0.05, 0.1) is 6.26 Å². The molecule has 0 aliphatic carbocycles. The van der Waals surface area contributed by atoms with Crippen LogP contribution in [0.2, 0.25) is 0 Å². The molecule has 1 heterocycles. The molecule has 5 heteroatoms. The van der Waals surface area contributed by atoms with E-state index in [1.807, 2.05) is 0 Å². The number of sulfonamides is 1. The first-order valence-electron chi connectivity index (χ1n) is 5.56. The van der Waals surface area contributed by atoms with Gasteiger partial charge in [-0.25, -0.2) is 13.6 Å². The highest BCUT2D eigenvalue weighted by Crippen LogP contribution is 2.13. The van der Waals surface area contributed by atoms with Crippen LogP contribution in [0.4, 0.5) is 0 Å². The van der Waals surface area contributed by atoms with E-state index < -0.39 is 10.0 Å². The van der Waals surface area contributed by atoms with Crippen LogP contribution in [0.1, 0.15) is 39.5 Å². The third-order valence-corrected chi connectivity index (χ3v) is 2.60. The summed E-state index contributed by atoms with van der Waals surface area (Å²) in [5.41, 5.74) is 0. The Morgan fingerprint density at radius 1 is 1.27 bits per heavy atom. The van der Waals surface area contributed by atoms with E-state index in [4.69, 9.17) is 0 Å². The van der Waals surface area contributed by atoms with E-state index in [0.717, 1.165) is 12.3 Å². The monoisotopic (exact) mass is 236 g/mol. The predicted octanol–water partition coefficient (Wildman–Crippen LogP) is 1.18. The fourth-order valence-corrected chi connectivity index (χ4v) is 1.62. The van der Waals surface area contributed by atoms with Crippen molar-refractivity contribution in [1.82, 2.24) is 4.90 Å². The first kappa shape index (κ1) is 14.9. The number of hydrogen-bond donors (Lipinski definition) is 1. The van der Waals surface area contributed by atoms with E-state index >= 15 is 0 Å². The fourth-order valence-electron chi connectivity index (χ4n) is 1.62. The second kappa shape index (κ2) is 7.19. The minimum Gasteiger partial charge on any atom is -0.301 e. The standard InChI is InChI=1S/C9H19N.CH5NO2S/c1-3-9(2)10-7-5-4-6-8-10;1-5(2,3)4/h9H,3-8H2,1-2H3;1H3,(H2,2,3,4). The summed E-state index contributed by atoms with van der Waals surface area (Å²) in [6, 6.07) is 0.820. The van der Waals surface area contributed by atoms with Crippen molar-refractivity contribution in [2.24, 2.45) is 5.14 Å². The Labute approximate surface area is 93.9 Å². The van der Waals surface area contributed by atoms with Crippen LogP contribution in [-0.2, 0) is 10.0 Å². The number of primary sulfonamides is 1. The molecule has 0 aromatic rings. The molecule has 92 valence electrons. The molecule has 0 bridgehead atoms. The van der Waals surface area contributed by atoms with E-state index in [2.05, 4.69) is 23.9 Å². The van der Waals surface area contributed by atoms with E-state index in [1.54, 1.807) is 0 Å². The lowest BCUT2D eigenvalue weighted by atomic mass is 10.1. The van der Waals surface area contributed by atoms with Gasteiger partial charge in [-0.15, -0.1) is 0 Å². The average molecular weight is 236 g/mol. The van der Waals surface area contributed by atoms with E-state index in [9.17, 15) is 8.42 Å². The topological polar surface area (TPSA) is 63.4 Å². The van der Waals surface area contributed by atoms with Crippen molar-refractivity contribution in [2.75, 3.05) is 19.3 Å². The van der Waals surface area contributed by atoms with E-state index in [0.29, 0.717) is 0 Å². The Kier molecular flexibility index (Phi) is 7.13. The van der Waals surface area contributed by atoms with Gasteiger partial charge in [0.25, 0.3) is 0 Å². The summed E-state index contributed by atoms with van der Waals surface area (Å²) in [4.78, 5) is 2.61. The molecule has 4 nitrogen and oxygen atoms in total. The van der Waals surface area contributed by atoms with Gasteiger partial charge in [-0.05, 0) is 39.3 Å². The molecule has 0 aromatic heterocycles. The second-order valence-corrected chi connectivity index (χ2v) is 5.84. The molecule has 1 atom stereocenters. The van der Waals surface area contributed by atoms with Crippen molar-refractivity contribution in [1.29, 1.82) is 0 Å². The Balaban J connectivity index is 0.000000336. The summed E-state index contributed by atoms with van der Waals surface area (Å²) in [5, 5.41) is 4.33. The van der Waals surface area contributed by atoms with Gasteiger partial charge < -0.3 is 4.90 Å². The third-order valence-electron chi connectivity index (χ3n) is 2.60. The molecule has 1 saturated heterocycles. The van der Waals surface area contributed by atoms with Gasteiger partial charge in [0.1, 0.15) is 0 Å². The van der Waals surface area contributed by atoms with Crippen LogP contribution in [0.5, 0.6) is 0 Å². The van der Waals surface area contributed by atoms with Crippen molar-refractivity contribution >= 4 is 10.0 Å². The molecule has 0 radical (unpaired) electrons. The SMILES string of the molecule is CCC(C)N1CCCCC1.CS(N)(=O)=O. The maximum absolute atomic E-state index is 9.41. The maximum Gasteiger partial charge on any atom is 0.206 e. The molecule has 1 fully saturated rings. The molecule has 1 rings (SSSR count). The second-order valence-electron chi connectivity index (χ2n) is 4.18. The van der Waals surface area contributed by atoms with Gasteiger partial charge in [-0.2, -0.15) is 0 Å². The Morgan fingerprint density at radius 3 is 2.00 bits per heavy atom. The Hall–Kier alpha value is -0.130. The largest absolute Gasteiger partial charge is 0.301 e. The third kappa shape index (κ3) is 10.2. The van der Waals surface area contributed by atoms with Crippen molar-refractivity contribution < 1.29 is 8.42 Å². The molecule has 2 N–H and O–H groups in total. The van der Waals surface area contributed by atoms with Gasteiger partial charge in [-0.1, -0.05) is 13.3 Å². The molecule has 0 saturated carbocycles. The van der Waals surface area contributed by atoms with Gasteiger partial charge in [0, 0.05) is 6.04 Å². The first-order chi connectivity index (χ1) is 6.84. The molecule has 0 amide bonds. The lowest BCUT2D eigenvalue weighted by molar-refractivity contribution is 0.170. The van der Waals surface area contributed by atoms with Gasteiger partial charge in [0.15, 0.2) is 0 Å². The van der Waals surface area contributed by atoms with Gasteiger partial charge in [-0.3, -0.25) is 0 Å². The molecule has 1 aliphatic rings. The minimum absolute atomic E-state index is 0.820. The molecule has 0 aromatic carbocycles. The zero-order valence-electron chi connectivity index (χ0n) is 10.1. The number of nitrogens with zero attached hydrogens (tertiary/aromatic N) is 1. The summed E-state index contributed by atoms with van der Waals surface area (Å²) in [6.45, 7) is 7.30. The van der Waals surface area contributed by atoms with Crippen molar-refractivity contribution in [3.63, 3.8) is 0 Å². The van der Waals surface area contributed by atoms with Crippen LogP contribution in [0.3, 0.4) is 0 Å². The number of rotatable bonds is 2. The van der Waals surface area contributed by atoms with E-state index in [-0.39, 0.29) is 0 Å². The summed E-state index contributed by atoms with van der Waals surface area (Å²) in [5.74, 6) is 0. The summed E-state index contributed by atoms with van der Waals surface area (Å²) >= 11 is 0. The molecular weight excluding hydrogens is 212 g/mol. The number of hydrogen-bond acceptors (Lipinski definition) is 3. The Bertz CT molecular complexity index is 238. The number of likely N-dealkylation sites (tertiary alicyclic amines) is 1. The summed E-state index contributed by atoms with van der Waals surface area (Å²) in [7, 11) is -3.17. The summed E-state index contributed by atoms with van der Waals surface area (Å²) in [6.07, 6.45) is 6.54. The van der Waals surface area contributed by atoms with Gasteiger partial charge >= 0.3 is 0 Å². The highest BCUT2D eigenvalue weighted by Gasteiger charge is 2.13. The van der Waals surface area contributed by atoms with Crippen molar-refractivity contribution in [3.8, 4) is 0 Å². The summed E-state index contributed by atoms with van der Waals surface area (Å²) < 4.78 is 18.8. The zero-order valence-corrected chi connectivity index (χ0v) is 10.9. The lowest BCUT2D eigenvalue weighted by Gasteiger charge is -2.31. The van der Waals surface area contributed by atoms with Crippen LogP contribution < -0.4 is 5.14 Å². The van der Waals surface area contributed by atoms with Crippen LogP contribution >= 0.6 is 0 Å². The molecule has 0 spiro atoms. The highest BCUT2D eigenvalue weighted by molar-refractivity contribution is 7.88. The average Bonchev–Trinajstić information content (AvgIpc) is 2.15. The quantitative estimate of drug-likeness (QED) is 0.783. The van der Waals surface area contributed by atoms with Crippen LogP contribution in [0, 0.1) is 0 Å². The Morgan fingerprint density at radius 2 is 1.67 bits per heavy atom. The van der Waals surface area contributed by atoms with Crippen LogP contribution in [0.25, 0.3) is 0 Å². The fraction of sp³-hybridized carbons (Fsp3) is 1.00. The number of nitrogens with two attached hydrogens (primary N) is 1. The smallest absolute Gasteiger partial charge is 0.206 e. The minimum atomic E-state index is -3.17. The van der Waals surface area contributed by atoms with Crippen molar-refractivity contribution in [3.05, 3.63) is 0 Å². The molecule has 15 heavy (non-hydrogen) atoms. The van der Waals surface area contributed by atoms with Crippen molar-refractivity contribution in [2.45, 2.75) is 45.6 Å². The molecule has 1 aliphatic heterocycles. The molecule has 1 unspecified atom stereocenters. The highest BCUT2D eigenvalue weighted by atomic mass is 32.2. The normalized spacial score (nSPS) is 20.3. The van der Waals surface area contributed by atoms with Crippen LogP contribution in [0.15, 0.2) is 0 Å². The predicted molar refractivity (Wildman–Crippen MR) is 64.2 cm³/mol. The van der Waals surface area contributed by atoms with E-state index in [1.165, 1.54) is 38.8 Å². The zero-order chi connectivity index (χ0) is 11.9. The lowest BCUT2D eigenvalue weighted by Crippen LogP contribution is -2.36. The number of piperidine rings is 1.